The number of rotatable bonds is 7. The Morgan fingerprint density at radius 2 is 2.08 bits per heavy atom. The maximum absolute atomic E-state index is 15.1. The van der Waals surface area contributed by atoms with Gasteiger partial charge in [-0.3, -0.25) is 0 Å². The van der Waals surface area contributed by atoms with Crippen molar-refractivity contribution in [3.63, 3.8) is 0 Å². The van der Waals surface area contributed by atoms with Gasteiger partial charge in [0.1, 0.15) is 24.1 Å². The van der Waals surface area contributed by atoms with Crippen LogP contribution in [0, 0.1) is 5.82 Å². The molecule has 8 nitrogen and oxygen atoms in total. The molecule has 0 spiro atoms. The fraction of sp³-hybridized carbons (Fsp3) is 0.462. The van der Waals surface area contributed by atoms with Crippen LogP contribution in [0.5, 0.6) is 6.01 Å². The summed E-state index contributed by atoms with van der Waals surface area (Å²) in [5.74, 6) is -0.205. The number of aryl methyl sites for hydroxylation is 1. The van der Waals surface area contributed by atoms with Gasteiger partial charge in [-0.15, -0.1) is 0 Å². The molecule has 0 amide bonds. The normalized spacial score (nSPS) is 27.3. The lowest BCUT2D eigenvalue weighted by Crippen LogP contribution is -2.34. The number of nitrogens with one attached hydrogen (secondary N) is 1. The van der Waals surface area contributed by atoms with Crippen molar-refractivity contribution in [2.75, 3.05) is 26.9 Å². The first kappa shape index (κ1) is 23.8. The van der Waals surface area contributed by atoms with Crippen molar-refractivity contribution in [1.29, 1.82) is 0 Å². The number of aromatic amines is 1. The van der Waals surface area contributed by atoms with Crippen molar-refractivity contribution in [2.24, 2.45) is 0 Å². The van der Waals surface area contributed by atoms with Gasteiger partial charge in [0.2, 0.25) is 0 Å². The number of imidazole rings is 1. The summed E-state index contributed by atoms with van der Waals surface area (Å²) < 4.78 is 37.3. The quantitative estimate of drug-likeness (QED) is 0.496. The molecule has 2 saturated heterocycles. The lowest BCUT2D eigenvalue weighted by Gasteiger charge is -2.15. The van der Waals surface area contributed by atoms with Crippen LogP contribution in [-0.4, -0.2) is 71.4 Å². The topological polar surface area (TPSA) is 98.7 Å². The molecule has 6 rings (SSSR count). The average molecular weight is 516 g/mol. The van der Waals surface area contributed by atoms with Crippen molar-refractivity contribution < 1.29 is 28.4 Å². The summed E-state index contributed by atoms with van der Waals surface area (Å²) in [7, 11) is 1.63. The molecular weight excluding hydrogens is 489 g/mol. The predicted octanol–water partition coefficient (Wildman–Crippen LogP) is 3.59. The Kier molecular flexibility index (Phi) is 6.43. The number of fused-ring (bicyclic) bond motifs is 3. The van der Waals surface area contributed by atoms with E-state index >= 15 is 4.39 Å². The van der Waals surface area contributed by atoms with Crippen LogP contribution in [0.1, 0.15) is 34.7 Å². The Bertz CT molecular complexity index is 1310. The van der Waals surface area contributed by atoms with E-state index in [0.29, 0.717) is 41.5 Å². The van der Waals surface area contributed by atoms with Gasteiger partial charge in [-0.2, -0.15) is 4.98 Å². The Hall–Kier alpha value is -2.56. The lowest BCUT2D eigenvalue weighted by molar-refractivity contribution is 0.00706. The number of aliphatic hydroxyl groups is 1. The van der Waals surface area contributed by atoms with Gasteiger partial charge in [-0.05, 0) is 54.0 Å². The Balaban J connectivity index is 1.20. The molecule has 36 heavy (non-hydrogen) atoms. The number of nitrogens with zero attached hydrogens (tertiary/aromatic N) is 2. The summed E-state index contributed by atoms with van der Waals surface area (Å²) >= 11 is 6.58. The van der Waals surface area contributed by atoms with Gasteiger partial charge in [-0.25, -0.2) is 9.37 Å². The molecule has 2 aliphatic heterocycles. The second-order valence-corrected chi connectivity index (χ2v) is 9.93. The van der Waals surface area contributed by atoms with Gasteiger partial charge in [0.25, 0.3) is 6.01 Å². The third kappa shape index (κ3) is 4.39. The minimum absolute atomic E-state index is 0.00682. The molecule has 4 heterocycles. The van der Waals surface area contributed by atoms with E-state index in [1.807, 2.05) is 18.2 Å². The molecule has 3 aromatic rings. The first-order chi connectivity index (χ1) is 17.5. The molecule has 0 bridgehead atoms. The van der Waals surface area contributed by atoms with Crippen LogP contribution >= 0.6 is 11.6 Å². The van der Waals surface area contributed by atoms with E-state index < -0.39 is 6.10 Å². The van der Waals surface area contributed by atoms with Crippen LogP contribution in [-0.2, 0) is 27.1 Å². The molecule has 190 valence electrons. The molecule has 3 aliphatic rings. The van der Waals surface area contributed by atoms with E-state index in [2.05, 4.69) is 15.0 Å². The van der Waals surface area contributed by atoms with E-state index in [0.717, 1.165) is 29.5 Å². The molecule has 1 aliphatic carbocycles. The molecule has 0 saturated carbocycles. The second kappa shape index (κ2) is 9.72. The Morgan fingerprint density at radius 3 is 2.94 bits per heavy atom. The highest BCUT2D eigenvalue weighted by molar-refractivity contribution is 6.31. The number of H-pyrrole nitrogens is 1. The van der Waals surface area contributed by atoms with Crippen LogP contribution in [0.3, 0.4) is 0 Å². The van der Waals surface area contributed by atoms with Gasteiger partial charge in [0, 0.05) is 7.11 Å². The Morgan fingerprint density at radius 1 is 1.22 bits per heavy atom. The summed E-state index contributed by atoms with van der Waals surface area (Å²) in [6, 6.07) is 5.68. The molecule has 2 aromatic heterocycles. The highest BCUT2D eigenvalue weighted by atomic mass is 35.5. The van der Waals surface area contributed by atoms with Crippen molar-refractivity contribution >= 4 is 28.8 Å². The lowest BCUT2D eigenvalue weighted by atomic mass is 9.94. The van der Waals surface area contributed by atoms with Gasteiger partial charge < -0.3 is 29.0 Å². The van der Waals surface area contributed by atoms with Crippen molar-refractivity contribution in [3.8, 4) is 6.01 Å². The minimum atomic E-state index is -0.647. The minimum Gasteiger partial charge on any atom is -0.456 e. The number of pyridine rings is 1. The fourth-order valence-electron chi connectivity index (χ4n) is 5.47. The Labute approximate surface area is 212 Å². The van der Waals surface area contributed by atoms with E-state index in [1.165, 1.54) is 0 Å². The standard InChI is InChI=1S/C26H27ClFN3O5/c1-33-6-2-3-13-7-14-4-5-15(22(14)17(28)8-13)9-18-16(27)10-19-25(29-18)31-26(30-19)36-21-12-35-23-20(32)11-34-24(21)23/h2-3,7-8,10,15,20-21,23-24,32H,4-6,9,11-12H2,1H3,(H,29,30,31)/b3-2+/t15-,20-,21-,23-,24-/m1/s1. The van der Waals surface area contributed by atoms with Gasteiger partial charge in [-0.1, -0.05) is 29.8 Å². The monoisotopic (exact) mass is 515 g/mol. The number of ether oxygens (including phenoxy) is 4. The largest absolute Gasteiger partial charge is 0.456 e. The third-order valence-corrected chi connectivity index (χ3v) is 7.47. The van der Waals surface area contributed by atoms with Crippen molar-refractivity contribution in [1.82, 2.24) is 15.0 Å². The summed E-state index contributed by atoms with van der Waals surface area (Å²) in [5.41, 5.74) is 4.41. The second-order valence-electron chi connectivity index (χ2n) is 9.52. The summed E-state index contributed by atoms with van der Waals surface area (Å²) in [5, 5.41) is 10.4. The highest BCUT2D eigenvalue weighted by Gasteiger charge is 2.48. The first-order valence-corrected chi connectivity index (χ1v) is 12.5. The van der Waals surface area contributed by atoms with Crippen LogP contribution in [0.4, 0.5) is 4.39 Å². The zero-order valence-corrected chi connectivity index (χ0v) is 20.5. The number of benzene rings is 1. The number of aromatic nitrogens is 3. The van der Waals surface area contributed by atoms with Crippen LogP contribution < -0.4 is 4.74 Å². The molecule has 1 aromatic carbocycles. The zero-order chi connectivity index (χ0) is 24.8. The van der Waals surface area contributed by atoms with Gasteiger partial charge in [0.05, 0.1) is 36.1 Å². The first-order valence-electron chi connectivity index (χ1n) is 12.1. The van der Waals surface area contributed by atoms with E-state index in [1.54, 1.807) is 19.2 Å². The fourth-order valence-corrected chi connectivity index (χ4v) is 5.70. The van der Waals surface area contributed by atoms with E-state index in [-0.39, 0.29) is 42.7 Å². The van der Waals surface area contributed by atoms with Gasteiger partial charge in [0.15, 0.2) is 11.8 Å². The molecule has 0 radical (unpaired) electrons. The maximum Gasteiger partial charge on any atom is 0.296 e. The molecule has 10 heteroatoms. The van der Waals surface area contributed by atoms with Crippen LogP contribution in [0.25, 0.3) is 17.2 Å². The van der Waals surface area contributed by atoms with Crippen molar-refractivity contribution in [3.05, 3.63) is 57.5 Å². The number of hydrogen-bond acceptors (Lipinski definition) is 7. The molecule has 2 N–H and O–H groups in total. The number of halogens is 2. The van der Waals surface area contributed by atoms with Crippen LogP contribution in [0.15, 0.2) is 24.3 Å². The predicted molar refractivity (Wildman–Crippen MR) is 131 cm³/mol. The highest BCUT2D eigenvalue weighted by Crippen LogP contribution is 2.39. The van der Waals surface area contributed by atoms with E-state index in [4.69, 9.17) is 30.5 Å². The molecule has 0 unspecified atom stereocenters. The van der Waals surface area contributed by atoms with Crippen molar-refractivity contribution in [2.45, 2.75) is 49.6 Å². The zero-order valence-electron chi connectivity index (χ0n) is 19.7. The summed E-state index contributed by atoms with van der Waals surface area (Å²) in [6.07, 6.45) is 4.16. The van der Waals surface area contributed by atoms with Gasteiger partial charge >= 0.3 is 0 Å². The maximum atomic E-state index is 15.1. The van der Waals surface area contributed by atoms with E-state index in [9.17, 15) is 5.11 Å². The molecule has 2 fully saturated rings. The number of hydrogen-bond donors (Lipinski definition) is 2. The summed E-state index contributed by atoms with van der Waals surface area (Å²) in [4.78, 5) is 12.3. The number of aliphatic hydroxyl groups excluding tert-OH is 1. The summed E-state index contributed by atoms with van der Waals surface area (Å²) in [6.45, 7) is 1.02. The average Bonchev–Trinajstić information content (AvgIpc) is 3.61. The smallest absolute Gasteiger partial charge is 0.296 e. The molecule has 5 atom stereocenters. The number of methoxy groups -OCH3 is 1. The third-order valence-electron chi connectivity index (χ3n) is 7.14. The van der Waals surface area contributed by atoms with Crippen LogP contribution in [0.2, 0.25) is 5.02 Å². The molecular formula is C26H27ClFN3O5. The SMILES string of the molecule is COC/C=C/c1cc(F)c2c(c1)CC[C@@H]2Cc1nc2nc(O[C@@H]3CO[C@H]4[C@@H]3OC[C@H]4O)[nH]c2cc1Cl.